The van der Waals surface area contributed by atoms with Crippen molar-refractivity contribution in [2.24, 2.45) is 5.41 Å². The fourth-order valence-corrected chi connectivity index (χ4v) is 2.26. The lowest BCUT2D eigenvalue weighted by Gasteiger charge is -2.19. The van der Waals surface area contributed by atoms with Crippen LogP contribution in [0.3, 0.4) is 0 Å². The van der Waals surface area contributed by atoms with Gasteiger partial charge in [0.1, 0.15) is 18.1 Å². The molecule has 0 bridgehead atoms. The fourth-order valence-electron chi connectivity index (χ4n) is 2.26. The van der Waals surface area contributed by atoms with Crippen LogP contribution in [-0.2, 0) is 11.0 Å². The number of carbonyl (C=O) groups is 1. The highest BCUT2D eigenvalue weighted by molar-refractivity contribution is 5.73. The van der Waals surface area contributed by atoms with Gasteiger partial charge in [-0.2, -0.15) is 13.2 Å². The standard InChI is InChI=1S/C19H17F3N4O3/c1-18(2,17(27)28)10-29-12-5-3-11(4-6-12)13-7-8-14(26-25-13)16-23-9-15(24-16)19(20,21)22/h3-9H,10H2,1-2H3,(H,23,24)(H,27,28). The van der Waals surface area contributed by atoms with Crippen molar-refractivity contribution in [2.75, 3.05) is 6.61 Å². The molecule has 0 aliphatic rings. The molecular weight excluding hydrogens is 389 g/mol. The van der Waals surface area contributed by atoms with E-state index in [1.165, 1.54) is 6.07 Å². The van der Waals surface area contributed by atoms with E-state index in [1.807, 2.05) is 0 Å². The molecule has 0 aliphatic heterocycles. The lowest BCUT2D eigenvalue weighted by molar-refractivity contribution is -0.148. The van der Waals surface area contributed by atoms with Gasteiger partial charge >= 0.3 is 12.1 Å². The Morgan fingerprint density at radius 3 is 2.21 bits per heavy atom. The van der Waals surface area contributed by atoms with Crippen molar-refractivity contribution in [3.63, 3.8) is 0 Å². The van der Waals surface area contributed by atoms with Crippen LogP contribution in [-0.4, -0.2) is 37.8 Å². The predicted molar refractivity (Wildman–Crippen MR) is 97.0 cm³/mol. The first-order chi connectivity index (χ1) is 13.6. The number of carboxylic acid groups (broad SMARTS) is 1. The molecule has 10 heteroatoms. The Bertz CT molecular complexity index is 997. The van der Waals surface area contributed by atoms with E-state index in [4.69, 9.17) is 9.84 Å². The van der Waals surface area contributed by atoms with Gasteiger partial charge in [0, 0.05) is 11.8 Å². The summed E-state index contributed by atoms with van der Waals surface area (Å²) in [5, 5.41) is 17.0. The van der Waals surface area contributed by atoms with Crippen molar-refractivity contribution in [3.05, 3.63) is 48.3 Å². The van der Waals surface area contributed by atoms with Crippen LogP contribution < -0.4 is 4.74 Å². The molecule has 1 aromatic carbocycles. The van der Waals surface area contributed by atoms with E-state index in [0.29, 0.717) is 17.0 Å². The molecule has 2 aromatic heterocycles. The molecule has 7 nitrogen and oxygen atoms in total. The van der Waals surface area contributed by atoms with Gasteiger partial charge in [-0.1, -0.05) is 0 Å². The summed E-state index contributed by atoms with van der Waals surface area (Å²) >= 11 is 0. The zero-order chi connectivity index (χ0) is 21.2. The van der Waals surface area contributed by atoms with Crippen LogP contribution in [0.25, 0.3) is 22.8 Å². The fraction of sp³-hybridized carbons (Fsp3) is 0.263. The van der Waals surface area contributed by atoms with Gasteiger partial charge in [0.05, 0.1) is 11.1 Å². The molecule has 0 radical (unpaired) electrons. The van der Waals surface area contributed by atoms with Crippen molar-refractivity contribution < 1.29 is 27.8 Å². The first-order valence-electron chi connectivity index (χ1n) is 8.49. The van der Waals surface area contributed by atoms with Crippen molar-refractivity contribution in [2.45, 2.75) is 20.0 Å². The number of aliphatic carboxylic acids is 1. The van der Waals surface area contributed by atoms with Crippen LogP contribution in [0, 0.1) is 5.41 Å². The highest BCUT2D eigenvalue weighted by Crippen LogP contribution is 2.29. The SMILES string of the molecule is CC(C)(COc1ccc(-c2ccc(-c3nc(C(F)(F)F)c[nH]3)nn2)cc1)C(=O)O. The summed E-state index contributed by atoms with van der Waals surface area (Å²) in [5.74, 6) is -0.479. The maximum atomic E-state index is 12.6. The quantitative estimate of drug-likeness (QED) is 0.641. The maximum absolute atomic E-state index is 12.6. The number of hydrogen-bond donors (Lipinski definition) is 2. The third-order valence-corrected chi connectivity index (χ3v) is 4.10. The minimum absolute atomic E-state index is 0.0131. The molecule has 2 N–H and O–H groups in total. The molecule has 152 valence electrons. The molecule has 2 heterocycles. The molecular formula is C19H17F3N4O3. The van der Waals surface area contributed by atoms with Gasteiger partial charge in [-0.05, 0) is 50.2 Å². The summed E-state index contributed by atoms with van der Waals surface area (Å²) in [6, 6.07) is 9.92. The molecule has 3 aromatic rings. The second-order valence-corrected chi connectivity index (χ2v) is 6.94. The Morgan fingerprint density at radius 1 is 1.07 bits per heavy atom. The predicted octanol–water partition coefficient (Wildman–Crippen LogP) is 4.04. The number of rotatable bonds is 6. The largest absolute Gasteiger partial charge is 0.492 e. The number of aromatic nitrogens is 4. The molecule has 0 spiro atoms. The molecule has 0 fully saturated rings. The average Bonchev–Trinajstić information content (AvgIpc) is 3.18. The van der Waals surface area contributed by atoms with E-state index in [1.54, 1.807) is 44.2 Å². The van der Waals surface area contributed by atoms with Crippen LogP contribution in [0.5, 0.6) is 5.75 Å². The zero-order valence-electron chi connectivity index (χ0n) is 15.5. The number of alkyl halides is 3. The number of halogens is 3. The molecule has 29 heavy (non-hydrogen) atoms. The normalized spacial score (nSPS) is 12.0. The topological polar surface area (TPSA) is 101 Å². The monoisotopic (exact) mass is 406 g/mol. The van der Waals surface area contributed by atoms with Crippen LogP contribution in [0.1, 0.15) is 19.5 Å². The lowest BCUT2D eigenvalue weighted by atomic mass is 9.95. The van der Waals surface area contributed by atoms with E-state index in [9.17, 15) is 18.0 Å². The highest BCUT2D eigenvalue weighted by atomic mass is 19.4. The number of nitrogens with zero attached hydrogens (tertiary/aromatic N) is 3. The first kappa shape index (κ1) is 20.3. The number of hydrogen-bond acceptors (Lipinski definition) is 5. The highest BCUT2D eigenvalue weighted by Gasteiger charge is 2.34. The number of carboxylic acids is 1. The number of benzene rings is 1. The third kappa shape index (κ3) is 4.71. The minimum atomic E-state index is -4.54. The minimum Gasteiger partial charge on any atom is -0.492 e. The number of H-pyrrole nitrogens is 1. The second-order valence-electron chi connectivity index (χ2n) is 6.94. The van der Waals surface area contributed by atoms with Gasteiger partial charge in [0.25, 0.3) is 0 Å². The summed E-state index contributed by atoms with van der Waals surface area (Å²) < 4.78 is 43.4. The molecule has 0 saturated carbocycles. The van der Waals surface area contributed by atoms with Crippen LogP contribution >= 0.6 is 0 Å². The smallest absolute Gasteiger partial charge is 0.434 e. The zero-order valence-corrected chi connectivity index (χ0v) is 15.5. The van der Waals surface area contributed by atoms with Crippen molar-refractivity contribution >= 4 is 5.97 Å². The molecule has 0 amide bonds. The van der Waals surface area contributed by atoms with E-state index >= 15 is 0 Å². The lowest BCUT2D eigenvalue weighted by Crippen LogP contribution is -2.30. The van der Waals surface area contributed by atoms with Crippen molar-refractivity contribution in [3.8, 4) is 28.5 Å². The molecule has 0 saturated heterocycles. The Labute approximate surface area is 163 Å². The number of nitrogens with one attached hydrogen (secondary N) is 1. The molecule has 0 aliphatic carbocycles. The van der Waals surface area contributed by atoms with Gasteiger partial charge in [-0.3, -0.25) is 4.79 Å². The van der Waals surface area contributed by atoms with Crippen molar-refractivity contribution in [1.82, 2.24) is 20.2 Å². The van der Waals surface area contributed by atoms with Gasteiger partial charge < -0.3 is 14.8 Å². The Hall–Kier alpha value is -3.43. The summed E-state index contributed by atoms with van der Waals surface area (Å²) in [6.07, 6.45) is -3.76. The Balaban J connectivity index is 1.70. The third-order valence-electron chi connectivity index (χ3n) is 4.10. The second kappa shape index (κ2) is 7.53. The van der Waals surface area contributed by atoms with E-state index in [-0.39, 0.29) is 18.1 Å². The van der Waals surface area contributed by atoms with E-state index in [0.717, 1.165) is 6.20 Å². The van der Waals surface area contributed by atoms with Crippen molar-refractivity contribution in [1.29, 1.82) is 0 Å². The van der Waals surface area contributed by atoms with E-state index in [2.05, 4.69) is 20.2 Å². The molecule has 3 rings (SSSR count). The summed E-state index contributed by atoms with van der Waals surface area (Å²) in [7, 11) is 0. The number of aromatic amines is 1. The summed E-state index contributed by atoms with van der Waals surface area (Å²) in [6.45, 7) is 3.15. The average molecular weight is 406 g/mol. The van der Waals surface area contributed by atoms with Gasteiger partial charge in [-0.25, -0.2) is 4.98 Å². The molecule has 0 unspecified atom stereocenters. The summed E-state index contributed by atoms with van der Waals surface area (Å²) in [4.78, 5) is 17.0. The van der Waals surface area contributed by atoms with Gasteiger partial charge in [0.2, 0.25) is 0 Å². The van der Waals surface area contributed by atoms with Crippen LogP contribution in [0.15, 0.2) is 42.6 Å². The van der Waals surface area contributed by atoms with E-state index < -0.39 is 23.3 Å². The Morgan fingerprint density at radius 2 is 1.69 bits per heavy atom. The number of imidazole rings is 1. The van der Waals surface area contributed by atoms with Gasteiger partial charge in [0.15, 0.2) is 11.5 Å². The molecule has 0 atom stereocenters. The number of ether oxygens (including phenoxy) is 1. The Kier molecular flexibility index (Phi) is 5.27. The summed E-state index contributed by atoms with van der Waals surface area (Å²) in [5.41, 5.74) is -0.643. The van der Waals surface area contributed by atoms with Gasteiger partial charge in [-0.15, -0.1) is 10.2 Å². The first-order valence-corrected chi connectivity index (χ1v) is 8.49. The van der Waals surface area contributed by atoms with Crippen LogP contribution in [0.4, 0.5) is 13.2 Å². The van der Waals surface area contributed by atoms with Crippen LogP contribution in [0.2, 0.25) is 0 Å². The maximum Gasteiger partial charge on any atom is 0.434 e.